The van der Waals surface area contributed by atoms with Crippen molar-refractivity contribution in [3.63, 3.8) is 0 Å². The van der Waals surface area contributed by atoms with Gasteiger partial charge in [-0.2, -0.15) is 0 Å². The minimum absolute atomic E-state index is 0.0606. The highest BCUT2D eigenvalue weighted by Gasteiger charge is 2.34. The van der Waals surface area contributed by atoms with Gasteiger partial charge in [-0.25, -0.2) is 9.18 Å². The number of likely N-dealkylation sites (tertiary alicyclic amines) is 1. The first-order valence-electron chi connectivity index (χ1n) is 7.14. The van der Waals surface area contributed by atoms with Gasteiger partial charge in [-0.1, -0.05) is 15.9 Å². The summed E-state index contributed by atoms with van der Waals surface area (Å²) in [5.41, 5.74) is -0.513. The Balaban J connectivity index is 2.05. The molecule has 4 nitrogen and oxygen atoms in total. The van der Waals surface area contributed by atoms with Gasteiger partial charge in [0, 0.05) is 23.5 Å². The van der Waals surface area contributed by atoms with E-state index in [1.807, 2.05) is 0 Å². The van der Waals surface area contributed by atoms with E-state index >= 15 is 0 Å². The highest BCUT2D eigenvalue weighted by molar-refractivity contribution is 9.10. The number of ether oxygens (including phenoxy) is 1. The molecule has 1 aliphatic heterocycles. The monoisotopic (exact) mass is 371 g/mol. The summed E-state index contributed by atoms with van der Waals surface area (Å²) in [7, 11) is 0. The number of halogens is 2. The Morgan fingerprint density at radius 3 is 2.68 bits per heavy atom. The molecule has 1 atom stereocenters. The number of Topliss-reactive ketones (excluding diaryl/α,β-unsaturated/α-hetero) is 1. The van der Waals surface area contributed by atoms with E-state index in [0.717, 1.165) is 0 Å². The number of hydrogen-bond donors (Lipinski definition) is 0. The summed E-state index contributed by atoms with van der Waals surface area (Å²) in [6, 6.07) is 4.29. The van der Waals surface area contributed by atoms with E-state index in [0.29, 0.717) is 17.4 Å². The smallest absolute Gasteiger partial charge is 0.410 e. The summed E-state index contributed by atoms with van der Waals surface area (Å²) in [6.07, 6.45) is 0.0850. The second kappa shape index (κ2) is 6.36. The number of amides is 1. The number of benzene rings is 1. The van der Waals surface area contributed by atoms with E-state index in [4.69, 9.17) is 4.74 Å². The third kappa shape index (κ3) is 4.06. The van der Waals surface area contributed by atoms with E-state index < -0.39 is 23.4 Å². The number of carbonyl (C=O) groups excluding carboxylic acids is 2. The van der Waals surface area contributed by atoms with Crippen LogP contribution in [0.3, 0.4) is 0 Å². The van der Waals surface area contributed by atoms with E-state index in [-0.39, 0.29) is 17.9 Å². The molecule has 1 unspecified atom stereocenters. The van der Waals surface area contributed by atoms with Gasteiger partial charge in [0.25, 0.3) is 0 Å². The van der Waals surface area contributed by atoms with Crippen LogP contribution in [0.4, 0.5) is 9.18 Å². The second-order valence-electron chi connectivity index (χ2n) is 6.40. The quantitative estimate of drug-likeness (QED) is 0.737. The van der Waals surface area contributed by atoms with Crippen molar-refractivity contribution in [1.82, 2.24) is 4.90 Å². The van der Waals surface area contributed by atoms with Crippen molar-refractivity contribution in [2.45, 2.75) is 32.8 Å². The van der Waals surface area contributed by atoms with Crippen molar-refractivity contribution >= 4 is 27.8 Å². The molecule has 1 fully saturated rings. The Labute approximate surface area is 137 Å². The topological polar surface area (TPSA) is 46.6 Å². The van der Waals surface area contributed by atoms with Crippen LogP contribution in [-0.2, 0) is 4.74 Å². The number of rotatable bonds is 2. The van der Waals surface area contributed by atoms with Crippen molar-refractivity contribution < 1.29 is 18.7 Å². The van der Waals surface area contributed by atoms with Crippen LogP contribution < -0.4 is 0 Å². The zero-order valence-electron chi connectivity index (χ0n) is 12.9. The third-order valence-corrected chi connectivity index (χ3v) is 3.90. The van der Waals surface area contributed by atoms with Crippen LogP contribution in [0, 0.1) is 11.7 Å². The average molecular weight is 372 g/mol. The molecular weight excluding hydrogens is 353 g/mol. The molecule has 0 spiro atoms. The van der Waals surface area contributed by atoms with Crippen molar-refractivity contribution in [3.05, 3.63) is 34.1 Å². The summed E-state index contributed by atoms with van der Waals surface area (Å²) >= 11 is 3.24. The highest BCUT2D eigenvalue weighted by Crippen LogP contribution is 2.25. The molecule has 0 radical (unpaired) electrons. The van der Waals surface area contributed by atoms with Gasteiger partial charge in [-0.15, -0.1) is 0 Å². The van der Waals surface area contributed by atoms with E-state index in [1.54, 1.807) is 26.8 Å². The van der Waals surface area contributed by atoms with Gasteiger partial charge in [0.2, 0.25) is 0 Å². The summed E-state index contributed by atoms with van der Waals surface area (Å²) in [5, 5.41) is 0. The first-order chi connectivity index (χ1) is 10.2. The fraction of sp³-hybridized carbons (Fsp3) is 0.500. The van der Waals surface area contributed by atoms with Gasteiger partial charge in [0.05, 0.1) is 5.56 Å². The maximum atomic E-state index is 13.8. The molecule has 1 aromatic carbocycles. The lowest BCUT2D eigenvalue weighted by atomic mass is 9.96. The van der Waals surface area contributed by atoms with Gasteiger partial charge < -0.3 is 9.64 Å². The molecule has 0 bridgehead atoms. The number of nitrogens with zero attached hydrogens (tertiary/aromatic N) is 1. The van der Waals surface area contributed by atoms with Gasteiger partial charge in [0.1, 0.15) is 11.4 Å². The van der Waals surface area contributed by atoms with E-state index in [1.165, 1.54) is 17.0 Å². The molecule has 120 valence electrons. The Hall–Kier alpha value is -1.43. The van der Waals surface area contributed by atoms with Crippen LogP contribution in [0.1, 0.15) is 37.6 Å². The number of hydrogen-bond acceptors (Lipinski definition) is 3. The number of ketones is 1. The number of carbonyl (C=O) groups is 2. The zero-order valence-corrected chi connectivity index (χ0v) is 14.4. The SMILES string of the molecule is CC(C)(C)OC(=O)N1CCC(C(=O)c2cc(Br)ccc2F)C1. The third-order valence-electron chi connectivity index (χ3n) is 3.40. The summed E-state index contributed by atoms with van der Waals surface area (Å²) in [5.74, 6) is -1.20. The molecule has 0 N–H and O–H groups in total. The maximum Gasteiger partial charge on any atom is 0.410 e. The molecule has 6 heteroatoms. The second-order valence-corrected chi connectivity index (χ2v) is 7.32. The van der Waals surface area contributed by atoms with Crippen molar-refractivity contribution in [3.8, 4) is 0 Å². The lowest BCUT2D eigenvalue weighted by molar-refractivity contribution is 0.0289. The average Bonchev–Trinajstić information content (AvgIpc) is 2.88. The first kappa shape index (κ1) is 16.9. The first-order valence-corrected chi connectivity index (χ1v) is 7.94. The van der Waals surface area contributed by atoms with Gasteiger partial charge >= 0.3 is 6.09 Å². The molecule has 0 saturated carbocycles. The fourth-order valence-electron chi connectivity index (χ4n) is 2.37. The maximum absolute atomic E-state index is 13.8. The van der Waals surface area contributed by atoms with Gasteiger partial charge in [-0.05, 0) is 45.4 Å². The predicted octanol–water partition coefficient (Wildman–Crippen LogP) is 4.03. The Morgan fingerprint density at radius 2 is 2.05 bits per heavy atom. The molecule has 0 aromatic heterocycles. The Bertz CT molecular complexity index is 598. The van der Waals surface area contributed by atoms with Gasteiger partial charge in [-0.3, -0.25) is 4.79 Å². The molecule has 22 heavy (non-hydrogen) atoms. The van der Waals surface area contributed by atoms with Crippen molar-refractivity contribution in [2.24, 2.45) is 5.92 Å². The van der Waals surface area contributed by atoms with Crippen LogP contribution in [0.2, 0.25) is 0 Å². The van der Waals surface area contributed by atoms with Gasteiger partial charge in [0.15, 0.2) is 5.78 Å². The van der Waals surface area contributed by atoms with Crippen LogP contribution in [0.25, 0.3) is 0 Å². The van der Waals surface area contributed by atoms with Crippen LogP contribution in [0.5, 0.6) is 0 Å². The van der Waals surface area contributed by atoms with Crippen LogP contribution >= 0.6 is 15.9 Å². The molecular formula is C16H19BrFNO3. The Kier molecular flexibility index (Phi) is 4.90. The standard InChI is InChI=1S/C16H19BrFNO3/c1-16(2,3)22-15(21)19-7-6-10(9-19)14(20)12-8-11(17)4-5-13(12)18/h4-5,8,10H,6-7,9H2,1-3H3. The highest BCUT2D eigenvalue weighted by atomic mass is 79.9. The predicted molar refractivity (Wildman–Crippen MR) is 84.3 cm³/mol. The minimum Gasteiger partial charge on any atom is -0.444 e. The molecule has 1 amide bonds. The normalized spacial score (nSPS) is 18.4. The lowest BCUT2D eigenvalue weighted by Crippen LogP contribution is -2.35. The molecule has 1 heterocycles. The summed E-state index contributed by atoms with van der Waals surface area (Å²) < 4.78 is 19.7. The fourth-order valence-corrected chi connectivity index (χ4v) is 2.73. The lowest BCUT2D eigenvalue weighted by Gasteiger charge is -2.24. The van der Waals surface area contributed by atoms with E-state index in [2.05, 4.69) is 15.9 Å². The zero-order chi connectivity index (χ0) is 16.5. The minimum atomic E-state index is -0.574. The molecule has 1 saturated heterocycles. The van der Waals surface area contributed by atoms with Crippen LogP contribution in [0.15, 0.2) is 22.7 Å². The summed E-state index contributed by atoms with van der Waals surface area (Å²) in [6.45, 7) is 6.09. The molecule has 0 aliphatic carbocycles. The van der Waals surface area contributed by atoms with Crippen LogP contribution in [-0.4, -0.2) is 35.5 Å². The molecule has 2 rings (SSSR count). The largest absolute Gasteiger partial charge is 0.444 e. The molecule has 1 aromatic rings. The molecule has 1 aliphatic rings. The van der Waals surface area contributed by atoms with Crippen molar-refractivity contribution in [2.75, 3.05) is 13.1 Å². The Morgan fingerprint density at radius 1 is 1.36 bits per heavy atom. The summed E-state index contributed by atoms with van der Waals surface area (Å²) in [4.78, 5) is 25.9. The van der Waals surface area contributed by atoms with E-state index in [9.17, 15) is 14.0 Å². The van der Waals surface area contributed by atoms with Crippen molar-refractivity contribution in [1.29, 1.82) is 0 Å².